The number of pyridine rings is 1. The highest BCUT2D eigenvalue weighted by atomic mass is 16.2. The molecule has 0 spiro atoms. The number of hydrogen-bond acceptors (Lipinski definition) is 2. The van der Waals surface area contributed by atoms with Crippen molar-refractivity contribution in [3.63, 3.8) is 0 Å². The van der Waals surface area contributed by atoms with E-state index in [9.17, 15) is 4.79 Å². The van der Waals surface area contributed by atoms with Crippen molar-refractivity contribution in [2.75, 3.05) is 5.32 Å². The molecule has 4 rings (SSSR count). The number of nitrogens with zero attached hydrogens (tertiary/aromatic N) is 1. The molecule has 0 aliphatic carbocycles. The van der Waals surface area contributed by atoms with Gasteiger partial charge in [0.15, 0.2) is 0 Å². The third-order valence-corrected chi connectivity index (χ3v) is 4.50. The second kappa shape index (κ2) is 6.36. The van der Waals surface area contributed by atoms with Crippen molar-refractivity contribution in [2.45, 2.75) is 13.3 Å². The predicted octanol–water partition coefficient (Wildman–Crippen LogP) is 4.80. The molecule has 3 aromatic rings. The lowest BCUT2D eigenvalue weighted by atomic mass is 9.99. The molecule has 0 atom stereocenters. The van der Waals surface area contributed by atoms with Gasteiger partial charge in [-0.15, -0.1) is 0 Å². The first-order chi connectivity index (χ1) is 12.2. The van der Waals surface area contributed by atoms with E-state index in [2.05, 4.69) is 41.5 Å². The summed E-state index contributed by atoms with van der Waals surface area (Å²) in [6.45, 7) is 2.13. The van der Waals surface area contributed by atoms with Gasteiger partial charge in [0.25, 0.3) is 5.91 Å². The number of hydrogen-bond donors (Lipinski definition) is 1. The number of aryl methyl sites for hydroxylation is 1. The van der Waals surface area contributed by atoms with Crippen molar-refractivity contribution in [2.24, 2.45) is 0 Å². The van der Waals surface area contributed by atoms with E-state index < -0.39 is 0 Å². The number of carbonyl (C=O) groups excluding carboxylic acids is 1. The lowest BCUT2D eigenvalue weighted by Crippen LogP contribution is -2.03. The third kappa shape index (κ3) is 2.96. The van der Waals surface area contributed by atoms with Crippen LogP contribution in [0.25, 0.3) is 22.8 Å². The maximum Gasteiger partial charge on any atom is 0.256 e. The van der Waals surface area contributed by atoms with E-state index in [1.807, 2.05) is 42.6 Å². The number of rotatable bonds is 3. The molecule has 3 heteroatoms. The SMILES string of the molecule is CCc1ccc(/C=C2\C(=O)Nc3cc(-c4cccnc4)ccc32)cc1. The monoisotopic (exact) mass is 326 g/mol. The van der Waals surface area contributed by atoms with Gasteiger partial charge in [0.05, 0.1) is 0 Å². The van der Waals surface area contributed by atoms with E-state index in [-0.39, 0.29) is 5.91 Å². The van der Waals surface area contributed by atoms with Crippen molar-refractivity contribution < 1.29 is 4.79 Å². The summed E-state index contributed by atoms with van der Waals surface area (Å²) in [5, 5.41) is 2.97. The summed E-state index contributed by atoms with van der Waals surface area (Å²) in [5.41, 5.74) is 6.90. The standard InChI is InChI=1S/C22H18N2O/c1-2-15-5-7-16(8-6-15)12-20-19-10-9-17(13-21(19)24-22(20)25)18-4-3-11-23-14-18/h3-14H,2H2,1H3,(H,24,25)/b20-12-. The number of anilines is 1. The Kier molecular flexibility index (Phi) is 3.90. The maximum atomic E-state index is 12.4. The van der Waals surface area contributed by atoms with Crippen LogP contribution in [0.1, 0.15) is 23.6 Å². The van der Waals surface area contributed by atoms with Gasteiger partial charge in [0.1, 0.15) is 0 Å². The van der Waals surface area contributed by atoms with Crippen molar-refractivity contribution in [3.05, 3.63) is 83.7 Å². The van der Waals surface area contributed by atoms with Gasteiger partial charge >= 0.3 is 0 Å². The quantitative estimate of drug-likeness (QED) is 0.702. The Morgan fingerprint density at radius 2 is 1.88 bits per heavy atom. The van der Waals surface area contributed by atoms with Crippen LogP contribution in [0.4, 0.5) is 5.69 Å². The summed E-state index contributed by atoms with van der Waals surface area (Å²) >= 11 is 0. The smallest absolute Gasteiger partial charge is 0.256 e. The zero-order valence-corrected chi connectivity index (χ0v) is 14.0. The third-order valence-electron chi connectivity index (χ3n) is 4.50. The topological polar surface area (TPSA) is 42.0 Å². The molecule has 0 saturated heterocycles. The minimum absolute atomic E-state index is 0.0575. The van der Waals surface area contributed by atoms with Crippen molar-refractivity contribution in [3.8, 4) is 11.1 Å². The molecule has 0 bridgehead atoms. The average molecular weight is 326 g/mol. The average Bonchev–Trinajstić information content (AvgIpc) is 2.97. The number of amides is 1. The van der Waals surface area contributed by atoms with Gasteiger partial charge in [-0.3, -0.25) is 9.78 Å². The van der Waals surface area contributed by atoms with E-state index in [0.717, 1.165) is 34.4 Å². The fourth-order valence-corrected chi connectivity index (χ4v) is 3.07. The Balaban J connectivity index is 1.71. The first kappa shape index (κ1) is 15.3. The minimum Gasteiger partial charge on any atom is -0.321 e. The highest BCUT2D eigenvalue weighted by Crippen LogP contribution is 2.36. The second-order valence-electron chi connectivity index (χ2n) is 6.11. The Labute approximate surface area is 147 Å². The molecule has 1 amide bonds. The maximum absolute atomic E-state index is 12.4. The zero-order chi connectivity index (χ0) is 17.2. The predicted molar refractivity (Wildman–Crippen MR) is 102 cm³/mol. The number of fused-ring (bicyclic) bond motifs is 1. The highest BCUT2D eigenvalue weighted by molar-refractivity contribution is 6.35. The summed E-state index contributed by atoms with van der Waals surface area (Å²) in [7, 11) is 0. The summed E-state index contributed by atoms with van der Waals surface area (Å²) in [6, 6.07) is 18.3. The largest absolute Gasteiger partial charge is 0.321 e. The van der Waals surface area contributed by atoms with Gasteiger partial charge in [0.2, 0.25) is 0 Å². The molecule has 122 valence electrons. The van der Waals surface area contributed by atoms with E-state index >= 15 is 0 Å². The molecular formula is C22H18N2O. The van der Waals surface area contributed by atoms with Crippen LogP contribution in [0.3, 0.4) is 0 Å². The lowest BCUT2D eigenvalue weighted by Gasteiger charge is -2.04. The van der Waals surface area contributed by atoms with Crippen molar-refractivity contribution in [1.29, 1.82) is 0 Å². The first-order valence-electron chi connectivity index (χ1n) is 8.41. The summed E-state index contributed by atoms with van der Waals surface area (Å²) in [5.74, 6) is -0.0575. The molecule has 2 aromatic carbocycles. The van der Waals surface area contributed by atoms with Crippen molar-refractivity contribution in [1.82, 2.24) is 4.98 Å². The molecule has 1 N–H and O–H groups in total. The normalized spacial score (nSPS) is 14.4. The van der Waals surface area contributed by atoms with Crippen LogP contribution < -0.4 is 5.32 Å². The second-order valence-corrected chi connectivity index (χ2v) is 6.11. The fourth-order valence-electron chi connectivity index (χ4n) is 3.07. The Morgan fingerprint density at radius 3 is 2.60 bits per heavy atom. The lowest BCUT2D eigenvalue weighted by molar-refractivity contribution is -0.110. The summed E-state index contributed by atoms with van der Waals surface area (Å²) < 4.78 is 0. The molecule has 1 aromatic heterocycles. The Morgan fingerprint density at radius 1 is 1.04 bits per heavy atom. The number of carbonyl (C=O) groups is 1. The van der Waals surface area contributed by atoms with E-state index in [1.165, 1.54) is 5.56 Å². The minimum atomic E-state index is -0.0575. The van der Waals surface area contributed by atoms with Gasteiger partial charge in [-0.25, -0.2) is 0 Å². The molecule has 0 fully saturated rings. The number of aromatic nitrogens is 1. The van der Waals surface area contributed by atoms with Gasteiger partial charge in [-0.1, -0.05) is 49.4 Å². The van der Waals surface area contributed by atoms with Crippen LogP contribution in [0.5, 0.6) is 0 Å². The van der Waals surface area contributed by atoms with Gasteiger partial charge < -0.3 is 5.32 Å². The zero-order valence-electron chi connectivity index (χ0n) is 14.0. The summed E-state index contributed by atoms with van der Waals surface area (Å²) in [4.78, 5) is 16.6. The molecule has 0 saturated carbocycles. The van der Waals surface area contributed by atoms with E-state index in [0.29, 0.717) is 5.57 Å². The molecule has 0 unspecified atom stereocenters. The molecule has 25 heavy (non-hydrogen) atoms. The van der Waals surface area contributed by atoms with Gasteiger partial charge in [-0.05, 0) is 41.3 Å². The first-order valence-corrected chi connectivity index (χ1v) is 8.41. The molecule has 1 aliphatic rings. The van der Waals surface area contributed by atoms with Crippen LogP contribution in [0, 0.1) is 0 Å². The van der Waals surface area contributed by atoms with Gasteiger partial charge in [0, 0.05) is 34.8 Å². The van der Waals surface area contributed by atoms with Crippen LogP contribution >= 0.6 is 0 Å². The van der Waals surface area contributed by atoms with E-state index in [1.54, 1.807) is 6.20 Å². The molecule has 0 radical (unpaired) electrons. The fraction of sp³-hybridized carbons (Fsp3) is 0.0909. The Bertz CT molecular complexity index is 957. The summed E-state index contributed by atoms with van der Waals surface area (Å²) in [6.07, 6.45) is 6.54. The number of nitrogens with one attached hydrogen (secondary N) is 1. The highest BCUT2D eigenvalue weighted by Gasteiger charge is 2.24. The van der Waals surface area contributed by atoms with Crippen LogP contribution in [0.15, 0.2) is 67.0 Å². The molecular weight excluding hydrogens is 308 g/mol. The van der Waals surface area contributed by atoms with Crippen LogP contribution in [-0.2, 0) is 11.2 Å². The van der Waals surface area contributed by atoms with Crippen LogP contribution in [0.2, 0.25) is 0 Å². The molecule has 2 heterocycles. The molecule has 1 aliphatic heterocycles. The molecule has 3 nitrogen and oxygen atoms in total. The van der Waals surface area contributed by atoms with Gasteiger partial charge in [-0.2, -0.15) is 0 Å². The van der Waals surface area contributed by atoms with E-state index in [4.69, 9.17) is 0 Å². The van der Waals surface area contributed by atoms with Crippen LogP contribution in [-0.4, -0.2) is 10.9 Å². The number of benzene rings is 2. The Hall–Kier alpha value is -3.20. The van der Waals surface area contributed by atoms with Crippen molar-refractivity contribution >= 4 is 23.2 Å².